The first-order valence-corrected chi connectivity index (χ1v) is 6.11. The number of primary amides is 1. The molecular formula is C13H18FN3O2. The number of carbonyl (C=O) groups is 2. The molecule has 104 valence electrons. The molecule has 6 heteroatoms. The normalized spacial score (nSPS) is 11.7. The highest BCUT2D eigenvalue weighted by molar-refractivity contribution is 5.89. The van der Waals surface area contributed by atoms with E-state index in [-0.39, 0.29) is 18.1 Å². The zero-order chi connectivity index (χ0) is 14.3. The number of benzene rings is 1. The molecule has 0 spiro atoms. The minimum Gasteiger partial charge on any atom is -0.373 e. The molecule has 0 saturated heterocycles. The van der Waals surface area contributed by atoms with Gasteiger partial charge < -0.3 is 16.4 Å². The molecule has 1 atom stereocenters. The van der Waals surface area contributed by atoms with Gasteiger partial charge in [-0.1, -0.05) is 6.92 Å². The van der Waals surface area contributed by atoms with Crippen LogP contribution in [-0.2, 0) is 9.59 Å². The fraction of sp³-hybridized carbons (Fsp3) is 0.385. The summed E-state index contributed by atoms with van der Waals surface area (Å²) in [6, 6.07) is 4.67. The van der Waals surface area contributed by atoms with Gasteiger partial charge in [0.15, 0.2) is 0 Å². The van der Waals surface area contributed by atoms with E-state index in [0.29, 0.717) is 12.2 Å². The Morgan fingerprint density at radius 2 is 1.95 bits per heavy atom. The number of nitrogens with two attached hydrogens (primary N) is 1. The zero-order valence-corrected chi connectivity index (χ0v) is 10.8. The van der Waals surface area contributed by atoms with Gasteiger partial charge in [-0.25, -0.2) is 4.39 Å². The van der Waals surface area contributed by atoms with Gasteiger partial charge in [0, 0.05) is 12.2 Å². The Morgan fingerprint density at radius 3 is 2.47 bits per heavy atom. The average molecular weight is 267 g/mol. The third kappa shape index (κ3) is 5.37. The van der Waals surface area contributed by atoms with Crippen LogP contribution >= 0.6 is 0 Å². The topological polar surface area (TPSA) is 84.2 Å². The Hall–Kier alpha value is -2.11. The highest BCUT2D eigenvalue weighted by Crippen LogP contribution is 2.11. The van der Waals surface area contributed by atoms with Gasteiger partial charge >= 0.3 is 0 Å². The monoisotopic (exact) mass is 267 g/mol. The number of hydrogen-bond donors (Lipinski definition) is 3. The van der Waals surface area contributed by atoms with Gasteiger partial charge in [-0.15, -0.1) is 0 Å². The third-order valence-corrected chi connectivity index (χ3v) is 2.49. The number of amides is 2. The summed E-state index contributed by atoms with van der Waals surface area (Å²) in [6.07, 6.45) is 0.769. The summed E-state index contributed by atoms with van der Waals surface area (Å²) in [7, 11) is 0. The van der Waals surface area contributed by atoms with Crippen molar-refractivity contribution in [3.63, 3.8) is 0 Å². The lowest BCUT2D eigenvalue weighted by molar-refractivity contribution is -0.125. The van der Waals surface area contributed by atoms with Gasteiger partial charge in [-0.2, -0.15) is 0 Å². The molecule has 0 bridgehead atoms. The lowest BCUT2D eigenvalue weighted by Crippen LogP contribution is -2.40. The first kappa shape index (κ1) is 14.9. The Kier molecular flexibility index (Phi) is 5.78. The molecule has 0 aromatic heterocycles. The van der Waals surface area contributed by atoms with Crippen LogP contribution in [0.5, 0.6) is 0 Å². The number of rotatable bonds is 7. The van der Waals surface area contributed by atoms with E-state index >= 15 is 0 Å². The highest BCUT2D eigenvalue weighted by atomic mass is 19.1. The van der Waals surface area contributed by atoms with Crippen molar-refractivity contribution in [2.75, 3.05) is 11.9 Å². The molecule has 5 nitrogen and oxygen atoms in total. The molecule has 1 unspecified atom stereocenters. The van der Waals surface area contributed by atoms with Gasteiger partial charge in [0.2, 0.25) is 11.8 Å². The molecule has 1 rings (SSSR count). The zero-order valence-electron chi connectivity index (χ0n) is 10.8. The second-order valence-corrected chi connectivity index (χ2v) is 4.16. The molecule has 0 aliphatic carbocycles. The predicted molar refractivity (Wildman–Crippen MR) is 70.9 cm³/mol. The lowest BCUT2D eigenvalue weighted by atomic mass is 10.1. The maximum Gasteiger partial charge on any atom is 0.240 e. The maximum atomic E-state index is 12.7. The van der Waals surface area contributed by atoms with Crippen molar-refractivity contribution in [1.29, 1.82) is 0 Å². The predicted octanol–water partition coefficient (Wildman–Crippen LogP) is 1.01. The molecule has 19 heavy (non-hydrogen) atoms. The van der Waals surface area contributed by atoms with Gasteiger partial charge in [0.05, 0.1) is 6.42 Å². The number of anilines is 1. The minimum absolute atomic E-state index is 0.0489. The average Bonchev–Trinajstić information content (AvgIpc) is 2.38. The molecule has 1 aromatic carbocycles. The van der Waals surface area contributed by atoms with Crippen molar-refractivity contribution in [2.45, 2.75) is 25.8 Å². The number of carbonyl (C=O) groups excluding carboxylic acids is 2. The summed E-state index contributed by atoms with van der Waals surface area (Å²) in [5, 5.41) is 5.48. The molecule has 0 aliphatic heterocycles. The van der Waals surface area contributed by atoms with Crippen molar-refractivity contribution < 1.29 is 14.0 Å². The Balaban J connectivity index is 2.60. The highest BCUT2D eigenvalue weighted by Gasteiger charge is 2.18. The number of nitrogens with one attached hydrogen (secondary N) is 2. The van der Waals surface area contributed by atoms with E-state index < -0.39 is 11.9 Å². The molecule has 0 heterocycles. The molecule has 0 saturated carbocycles. The quantitative estimate of drug-likeness (QED) is 0.689. The van der Waals surface area contributed by atoms with Crippen LogP contribution in [0.4, 0.5) is 10.1 Å². The van der Waals surface area contributed by atoms with E-state index in [4.69, 9.17) is 5.73 Å². The second kappa shape index (κ2) is 7.35. The molecule has 4 N–H and O–H groups in total. The van der Waals surface area contributed by atoms with E-state index in [1.165, 1.54) is 24.3 Å². The van der Waals surface area contributed by atoms with E-state index in [1.54, 1.807) is 0 Å². The summed E-state index contributed by atoms with van der Waals surface area (Å²) < 4.78 is 12.7. The number of halogens is 1. The SMILES string of the molecule is CCCNC(=O)CC(Nc1ccc(F)cc1)C(N)=O. The van der Waals surface area contributed by atoms with E-state index in [2.05, 4.69) is 10.6 Å². The fourth-order valence-corrected chi connectivity index (χ4v) is 1.49. The summed E-state index contributed by atoms with van der Waals surface area (Å²) in [5.41, 5.74) is 5.77. The van der Waals surface area contributed by atoms with Gasteiger partial charge in [-0.3, -0.25) is 9.59 Å². The van der Waals surface area contributed by atoms with Crippen LogP contribution in [0.15, 0.2) is 24.3 Å². The van der Waals surface area contributed by atoms with Crippen molar-refractivity contribution in [1.82, 2.24) is 5.32 Å². The fourth-order valence-electron chi connectivity index (χ4n) is 1.49. The van der Waals surface area contributed by atoms with Crippen molar-refractivity contribution in [3.8, 4) is 0 Å². The Labute approximate surface area is 111 Å². The van der Waals surface area contributed by atoms with E-state index in [1.807, 2.05) is 6.92 Å². The molecule has 0 aliphatic rings. The lowest BCUT2D eigenvalue weighted by Gasteiger charge is -2.16. The maximum absolute atomic E-state index is 12.7. The van der Waals surface area contributed by atoms with Gasteiger partial charge in [0.25, 0.3) is 0 Å². The molecule has 2 amide bonds. The standard InChI is InChI=1S/C13H18FN3O2/c1-2-7-16-12(18)8-11(13(15)19)17-10-5-3-9(14)4-6-10/h3-6,11,17H,2,7-8H2,1H3,(H2,15,19)(H,16,18). The summed E-state index contributed by atoms with van der Waals surface area (Å²) in [6.45, 7) is 2.49. The first-order chi connectivity index (χ1) is 9.02. The largest absolute Gasteiger partial charge is 0.373 e. The smallest absolute Gasteiger partial charge is 0.240 e. The van der Waals surface area contributed by atoms with Gasteiger partial charge in [0.1, 0.15) is 11.9 Å². The van der Waals surface area contributed by atoms with Crippen LogP contribution in [0.3, 0.4) is 0 Å². The van der Waals surface area contributed by atoms with Crippen molar-refractivity contribution in [3.05, 3.63) is 30.1 Å². The summed E-state index contributed by atoms with van der Waals surface area (Å²) in [4.78, 5) is 22.8. The Bertz CT molecular complexity index is 434. The summed E-state index contributed by atoms with van der Waals surface area (Å²) in [5.74, 6) is -1.25. The first-order valence-electron chi connectivity index (χ1n) is 6.11. The van der Waals surface area contributed by atoms with Crippen molar-refractivity contribution in [2.24, 2.45) is 5.73 Å². The minimum atomic E-state index is -0.817. The van der Waals surface area contributed by atoms with Crippen molar-refractivity contribution >= 4 is 17.5 Å². The van der Waals surface area contributed by atoms with Crippen LogP contribution in [0, 0.1) is 5.82 Å². The van der Waals surface area contributed by atoms with E-state index in [9.17, 15) is 14.0 Å². The van der Waals surface area contributed by atoms with Gasteiger partial charge in [-0.05, 0) is 30.7 Å². The van der Waals surface area contributed by atoms with Crippen LogP contribution in [0.2, 0.25) is 0 Å². The third-order valence-electron chi connectivity index (χ3n) is 2.49. The Morgan fingerprint density at radius 1 is 1.32 bits per heavy atom. The molecule has 1 aromatic rings. The molecule has 0 fully saturated rings. The molecular weight excluding hydrogens is 249 g/mol. The number of hydrogen-bond acceptors (Lipinski definition) is 3. The van der Waals surface area contributed by atoms with E-state index in [0.717, 1.165) is 6.42 Å². The summed E-state index contributed by atoms with van der Waals surface area (Å²) >= 11 is 0. The van der Waals surface area contributed by atoms with Crippen LogP contribution < -0.4 is 16.4 Å². The van der Waals surface area contributed by atoms with Crippen LogP contribution in [-0.4, -0.2) is 24.4 Å². The second-order valence-electron chi connectivity index (χ2n) is 4.16. The van der Waals surface area contributed by atoms with Crippen LogP contribution in [0.25, 0.3) is 0 Å². The molecule has 0 radical (unpaired) electrons. The van der Waals surface area contributed by atoms with Crippen LogP contribution in [0.1, 0.15) is 19.8 Å².